The van der Waals surface area contributed by atoms with Crippen molar-refractivity contribution in [1.29, 1.82) is 0 Å². The van der Waals surface area contributed by atoms with Gasteiger partial charge in [0.05, 0.1) is 5.41 Å². The van der Waals surface area contributed by atoms with E-state index in [0.717, 1.165) is 25.7 Å². The lowest BCUT2D eigenvalue weighted by atomic mass is 9.49. The number of amides is 1. The maximum atomic E-state index is 12.9. The summed E-state index contributed by atoms with van der Waals surface area (Å²) < 4.78 is 5.47. The zero-order valence-electron chi connectivity index (χ0n) is 17.0. The lowest BCUT2D eigenvalue weighted by Crippen LogP contribution is -2.56. The van der Waals surface area contributed by atoms with E-state index in [9.17, 15) is 9.59 Å². The van der Waals surface area contributed by atoms with Crippen molar-refractivity contribution in [2.75, 3.05) is 11.9 Å². The van der Waals surface area contributed by atoms with Crippen LogP contribution in [-0.2, 0) is 19.7 Å². The number of anilines is 1. The molecule has 0 aromatic heterocycles. The summed E-state index contributed by atoms with van der Waals surface area (Å²) in [6.07, 6.45) is 5.66. The van der Waals surface area contributed by atoms with E-state index in [1.807, 2.05) is 24.3 Å². The zero-order chi connectivity index (χ0) is 20.2. The van der Waals surface area contributed by atoms with E-state index < -0.39 is 5.41 Å². The van der Waals surface area contributed by atoms with Gasteiger partial charge in [-0.15, -0.1) is 11.6 Å². The third kappa shape index (κ3) is 3.80. The van der Waals surface area contributed by atoms with E-state index >= 15 is 0 Å². The fraction of sp³-hybridized carbons (Fsp3) is 0.652. The summed E-state index contributed by atoms with van der Waals surface area (Å²) in [5.74, 6) is 0.523. The second-order valence-corrected chi connectivity index (χ2v) is 11.1. The van der Waals surface area contributed by atoms with Gasteiger partial charge in [-0.3, -0.25) is 9.59 Å². The van der Waals surface area contributed by atoms with Gasteiger partial charge in [-0.2, -0.15) is 0 Å². The van der Waals surface area contributed by atoms with Crippen LogP contribution < -0.4 is 5.32 Å². The molecule has 5 rings (SSSR count). The van der Waals surface area contributed by atoms with Gasteiger partial charge in [-0.25, -0.2) is 0 Å². The Hall–Kier alpha value is -1.55. The second kappa shape index (κ2) is 6.76. The minimum absolute atomic E-state index is 0.0652. The first kappa shape index (κ1) is 19.8. The van der Waals surface area contributed by atoms with Crippen molar-refractivity contribution in [1.82, 2.24) is 0 Å². The zero-order valence-corrected chi connectivity index (χ0v) is 17.8. The highest BCUT2D eigenvalue weighted by Crippen LogP contribution is 2.64. The van der Waals surface area contributed by atoms with E-state index in [0.29, 0.717) is 23.9 Å². The van der Waals surface area contributed by atoms with Crippen LogP contribution in [-0.4, -0.2) is 23.4 Å². The maximum Gasteiger partial charge on any atom is 0.312 e. The molecule has 0 saturated heterocycles. The molecule has 1 N–H and O–H groups in total. The molecule has 5 heteroatoms. The second-order valence-electron chi connectivity index (χ2n) is 10.3. The maximum absolute atomic E-state index is 12.9. The minimum Gasteiger partial charge on any atom is -0.455 e. The Morgan fingerprint density at radius 3 is 2.25 bits per heavy atom. The predicted octanol–water partition coefficient (Wildman–Crippen LogP) is 5.04. The Bertz CT molecular complexity index is 766. The average Bonchev–Trinajstić information content (AvgIpc) is 2.57. The molecule has 1 aromatic rings. The van der Waals surface area contributed by atoms with Crippen molar-refractivity contribution in [3.8, 4) is 0 Å². The minimum atomic E-state index is -0.472. The highest BCUT2D eigenvalue weighted by atomic mass is 35.5. The van der Waals surface area contributed by atoms with E-state index in [2.05, 4.69) is 26.1 Å². The van der Waals surface area contributed by atoms with E-state index in [4.69, 9.17) is 16.3 Å². The molecule has 4 fully saturated rings. The van der Waals surface area contributed by atoms with Gasteiger partial charge in [-0.05, 0) is 73.5 Å². The Morgan fingerprint density at radius 1 is 1.11 bits per heavy atom. The predicted molar refractivity (Wildman–Crippen MR) is 110 cm³/mol. The molecule has 0 spiro atoms. The molecule has 4 atom stereocenters. The number of benzene rings is 1. The average molecular weight is 404 g/mol. The molecule has 1 amide bonds. The number of rotatable bonds is 4. The standard InChI is InChI=1S/C23H30ClNO3/c1-21(2,3)17-4-6-18(7-5-17)25-19(26)13-28-20(27)22-9-15-8-16(10-22)12-23(24,11-15)14-22/h4-7,15-16H,8-14H2,1-3H3,(H,25,26)/t15-,16+,22?,23?. The van der Waals surface area contributed by atoms with Crippen molar-refractivity contribution in [3.63, 3.8) is 0 Å². The summed E-state index contributed by atoms with van der Waals surface area (Å²) in [6.45, 7) is 6.20. The molecule has 4 saturated carbocycles. The lowest BCUT2D eigenvalue weighted by Gasteiger charge is -2.58. The van der Waals surface area contributed by atoms with Gasteiger partial charge < -0.3 is 10.1 Å². The number of ether oxygens (including phenoxy) is 1. The van der Waals surface area contributed by atoms with Crippen LogP contribution in [0.3, 0.4) is 0 Å². The molecule has 2 unspecified atom stereocenters. The molecule has 0 aliphatic heterocycles. The fourth-order valence-corrected chi connectivity index (χ4v) is 6.62. The van der Waals surface area contributed by atoms with E-state index in [1.54, 1.807) is 0 Å². The van der Waals surface area contributed by atoms with Crippen molar-refractivity contribution >= 4 is 29.2 Å². The van der Waals surface area contributed by atoms with Crippen LogP contribution in [0.4, 0.5) is 5.69 Å². The molecule has 0 heterocycles. The number of alkyl halides is 1. The van der Waals surface area contributed by atoms with Gasteiger partial charge in [0.15, 0.2) is 6.61 Å². The van der Waals surface area contributed by atoms with Crippen LogP contribution in [0.5, 0.6) is 0 Å². The van der Waals surface area contributed by atoms with E-state index in [-0.39, 0.29) is 28.8 Å². The fourth-order valence-electron chi connectivity index (χ4n) is 5.92. The van der Waals surface area contributed by atoms with Crippen molar-refractivity contribution in [2.45, 2.75) is 69.6 Å². The number of halogens is 1. The van der Waals surface area contributed by atoms with Gasteiger partial charge >= 0.3 is 5.97 Å². The first-order chi connectivity index (χ1) is 13.1. The molecule has 4 bridgehead atoms. The molecule has 4 aliphatic rings. The van der Waals surface area contributed by atoms with Gasteiger partial charge in [0.25, 0.3) is 5.91 Å². The summed E-state index contributed by atoms with van der Waals surface area (Å²) in [5.41, 5.74) is 1.51. The van der Waals surface area contributed by atoms with Crippen LogP contribution in [0.2, 0.25) is 0 Å². The number of carbonyl (C=O) groups is 2. The van der Waals surface area contributed by atoms with Crippen molar-refractivity contribution < 1.29 is 14.3 Å². The molecule has 4 nitrogen and oxygen atoms in total. The number of esters is 1. The van der Waals surface area contributed by atoms with Crippen LogP contribution in [0, 0.1) is 17.3 Å². The Labute approximate surface area is 172 Å². The molecular weight excluding hydrogens is 374 g/mol. The first-order valence-corrected chi connectivity index (χ1v) is 10.7. The smallest absolute Gasteiger partial charge is 0.312 e. The summed E-state index contributed by atoms with van der Waals surface area (Å²) in [6, 6.07) is 7.79. The van der Waals surface area contributed by atoms with Gasteiger partial charge in [0.2, 0.25) is 0 Å². The normalized spacial score (nSPS) is 33.6. The number of hydrogen-bond acceptors (Lipinski definition) is 3. The quantitative estimate of drug-likeness (QED) is 0.565. The van der Waals surface area contributed by atoms with Crippen LogP contribution in [0.25, 0.3) is 0 Å². The summed E-state index contributed by atoms with van der Waals surface area (Å²) in [4.78, 5) is 24.9. The van der Waals surface area contributed by atoms with Crippen molar-refractivity contribution in [2.24, 2.45) is 17.3 Å². The Kier molecular flexibility index (Phi) is 4.77. The van der Waals surface area contributed by atoms with Crippen LogP contribution in [0.15, 0.2) is 24.3 Å². The number of nitrogens with one attached hydrogen (secondary N) is 1. The topological polar surface area (TPSA) is 55.4 Å². The van der Waals surface area contributed by atoms with E-state index in [1.165, 1.54) is 12.0 Å². The van der Waals surface area contributed by atoms with Crippen molar-refractivity contribution in [3.05, 3.63) is 29.8 Å². The van der Waals surface area contributed by atoms with Gasteiger partial charge in [0, 0.05) is 10.6 Å². The molecule has 1 aromatic carbocycles. The van der Waals surface area contributed by atoms with Gasteiger partial charge in [-0.1, -0.05) is 32.9 Å². The molecule has 0 radical (unpaired) electrons. The number of carbonyl (C=O) groups excluding carboxylic acids is 2. The third-order valence-electron chi connectivity index (χ3n) is 6.79. The highest BCUT2D eigenvalue weighted by Gasteiger charge is 2.60. The SMILES string of the molecule is CC(C)(C)c1ccc(NC(=O)COC(=O)C23C[C@@H]4C[C@@H](CC(Cl)(C4)C2)C3)cc1. The highest BCUT2D eigenvalue weighted by molar-refractivity contribution is 6.24. The Balaban J connectivity index is 1.33. The summed E-state index contributed by atoms with van der Waals surface area (Å²) in [7, 11) is 0. The molecule has 28 heavy (non-hydrogen) atoms. The molecular formula is C23H30ClNO3. The summed E-state index contributed by atoms with van der Waals surface area (Å²) in [5, 5.41) is 2.81. The molecule has 4 aliphatic carbocycles. The van der Waals surface area contributed by atoms with Crippen LogP contribution in [0.1, 0.15) is 64.9 Å². The lowest BCUT2D eigenvalue weighted by molar-refractivity contribution is -0.171. The monoisotopic (exact) mass is 403 g/mol. The molecule has 152 valence electrons. The Morgan fingerprint density at radius 2 is 1.71 bits per heavy atom. The largest absolute Gasteiger partial charge is 0.455 e. The third-order valence-corrected chi connectivity index (χ3v) is 7.23. The first-order valence-electron chi connectivity index (χ1n) is 10.3. The van der Waals surface area contributed by atoms with Gasteiger partial charge in [0.1, 0.15) is 0 Å². The van der Waals surface area contributed by atoms with Crippen LogP contribution >= 0.6 is 11.6 Å². The number of hydrogen-bond donors (Lipinski definition) is 1. The summed E-state index contributed by atoms with van der Waals surface area (Å²) >= 11 is 6.79.